The van der Waals surface area contributed by atoms with Crippen molar-refractivity contribution in [2.75, 3.05) is 6.61 Å². The minimum absolute atomic E-state index is 0.00584. The molecule has 6 aliphatic rings. The Balaban J connectivity index is 1.10. The number of hydrogen-bond donors (Lipinski definition) is 3. The second-order valence-corrected chi connectivity index (χ2v) is 20.4. The molecule has 5 fully saturated rings. The number of rotatable bonds is 9. The molecule has 0 aromatic carbocycles. The Morgan fingerprint density at radius 1 is 1.02 bits per heavy atom. The summed E-state index contributed by atoms with van der Waals surface area (Å²) in [5.74, 6) is -3.69. The van der Waals surface area contributed by atoms with Gasteiger partial charge in [-0.05, 0) is 142 Å². The number of ketones is 1. The second kappa shape index (κ2) is 15.6. The van der Waals surface area contributed by atoms with Crippen LogP contribution in [0.5, 0.6) is 0 Å². The molecule has 1 aromatic rings. The van der Waals surface area contributed by atoms with Gasteiger partial charge in [0.25, 0.3) is 5.91 Å². The van der Waals surface area contributed by atoms with Crippen molar-refractivity contribution in [3.05, 3.63) is 40.8 Å². The number of halogens is 3. The number of amides is 2. The van der Waals surface area contributed by atoms with Crippen molar-refractivity contribution in [2.24, 2.45) is 58.2 Å². The van der Waals surface area contributed by atoms with E-state index >= 15 is 0 Å². The largest absolute Gasteiger partial charge is 0.481 e. The van der Waals surface area contributed by atoms with Gasteiger partial charge in [-0.2, -0.15) is 23.0 Å². The number of fused-ring (bicyclic) bond motifs is 7. The van der Waals surface area contributed by atoms with Crippen molar-refractivity contribution in [1.82, 2.24) is 20.4 Å². The lowest BCUT2D eigenvalue weighted by Crippen LogP contribution is -2.64. The number of alkyl halides is 3. The zero-order valence-electron chi connectivity index (χ0n) is 37.0. The fourth-order valence-electron chi connectivity index (χ4n) is 13.2. The number of carboxylic acid groups (broad SMARTS) is 1. The zero-order chi connectivity index (χ0) is 45.6. The molecule has 3 N–H and O–H groups in total. The molecule has 2 amide bonds. The third-order valence-electron chi connectivity index (χ3n) is 16.3. The average Bonchev–Trinajstić information content (AvgIpc) is 3.75. The monoisotopic (exact) mass is 870 g/mol. The lowest BCUT2D eigenvalue weighted by molar-refractivity contribution is -0.174. The molecular weight excluding hydrogens is 810 g/mol. The van der Waals surface area contributed by atoms with Crippen LogP contribution in [-0.4, -0.2) is 74.3 Å². The van der Waals surface area contributed by atoms with E-state index in [1.54, 1.807) is 6.92 Å². The van der Waals surface area contributed by atoms with Crippen molar-refractivity contribution in [3.8, 4) is 0 Å². The van der Waals surface area contributed by atoms with E-state index in [9.17, 15) is 47.0 Å². The van der Waals surface area contributed by atoms with E-state index in [1.165, 1.54) is 20.8 Å². The first kappa shape index (κ1) is 45.5. The van der Waals surface area contributed by atoms with Gasteiger partial charge in [-0.15, -0.1) is 0 Å². The van der Waals surface area contributed by atoms with Gasteiger partial charge in [0.15, 0.2) is 11.5 Å². The van der Waals surface area contributed by atoms with Gasteiger partial charge in [0.2, 0.25) is 5.91 Å². The number of carbonyl (C=O) groups is 6. The summed E-state index contributed by atoms with van der Waals surface area (Å²) in [5, 5.41) is 18.4. The SMILES string of the molecule is C=C1C2CC[C@@]3(C)C4CC[C@@]5(NC(=O)C(C)(C)NC(=O)c6cc(C(F)(F)F)nn6C(=O)OCC)CC(=O)C(C(C)C)=C5[C@H]4CCC3[C@@]2(C)CC[C@@H]1OC(=O)[C@H]1C[C@@H](C(=O)O)[C@H]1C. The van der Waals surface area contributed by atoms with E-state index < -0.39 is 70.5 Å². The molecule has 0 radical (unpaired) electrons. The maximum absolute atomic E-state index is 14.4. The molecule has 13 nitrogen and oxygen atoms in total. The highest BCUT2D eigenvalue weighted by Gasteiger charge is 2.65. The van der Waals surface area contributed by atoms with Crippen LogP contribution in [0.25, 0.3) is 0 Å². The molecule has 0 aliphatic heterocycles. The van der Waals surface area contributed by atoms with Gasteiger partial charge >= 0.3 is 24.2 Å². The minimum Gasteiger partial charge on any atom is -0.481 e. The van der Waals surface area contributed by atoms with Gasteiger partial charge in [-0.1, -0.05) is 41.2 Å². The molecular formula is C46H61F3N4O9. The molecule has 6 aliphatic carbocycles. The Morgan fingerprint density at radius 2 is 1.69 bits per heavy atom. The van der Waals surface area contributed by atoms with E-state index in [0.717, 1.165) is 55.2 Å². The van der Waals surface area contributed by atoms with Gasteiger partial charge in [-0.25, -0.2) is 4.79 Å². The molecule has 340 valence electrons. The van der Waals surface area contributed by atoms with Crippen molar-refractivity contribution in [3.63, 3.8) is 0 Å². The summed E-state index contributed by atoms with van der Waals surface area (Å²) >= 11 is 0. The number of hydrogen-bond acceptors (Lipinski definition) is 9. The molecule has 3 unspecified atom stereocenters. The van der Waals surface area contributed by atoms with Crippen LogP contribution in [0.15, 0.2) is 29.4 Å². The maximum atomic E-state index is 14.4. The van der Waals surface area contributed by atoms with Gasteiger partial charge in [0.1, 0.15) is 17.3 Å². The number of nitrogens with one attached hydrogen (secondary N) is 2. The van der Waals surface area contributed by atoms with Crippen LogP contribution in [0.4, 0.5) is 18.0 Å². The number of esters is 1. The number of nitrogens with zero attached hydrogens (tertiary/aromatic N) is 2. The van der Waals surface area contributed by atoms with Crippen LogP contribution >= 0.6 is 0 Å². The first-order chi connectivity index (χ1) is 28.8. The average molecular weight is 871 g/mol. The third kappa shape index (κ3) is 7.28. The van der Waals surface area contributed by atoms with Crippen LogP contribution in [-0.2, 0) is 34.8 Å². The molecule has 1 aromatic heterocycles. The van der Waals surface area contributed by atoms with Gasteiger partial charge in [-0.3, -0.25) is 24.0 Å². The number of aliphatic carboxylic acids is 1. The molecule has 16 heteroatoms. The first-order valence-corrected chi connectivity index (χ1v) is 22.2. The van der Waals surface area contributed by atoms with Crippen LogP contribution in [0.1, 0.15) is 136 Å². The number of aromatic nitrogens is 2. The number of allylic oxidation sites excluding steroid dienone is 1. The summed E-state index contributed by atoms with van der Waals surface area (Å²) in [4.78, 5) is 79.3. The topological polar surface area (TPSA) is 183 Å². The van der Waals surface area contributed by atoms with Crippen molar-refractivity contribution in [2.45, 2.75) is 143 Å². The molecule has 7 rings (SSSR count). The lowest BCUT2D eigenvalue weighted by Gasteiger charge is -2.66. The Hall–Kier alpha value is -4.50. The number of Topliss-reactive ketones (excluding diaryl/α,β-unsaturated/α-hetero) is 1. The van der Waals surface area contributed by atoms with Gasteiger partial charge < -0.3 is 25.2 Å². The van der Waals surface area contributed by atoms with E-state index in [1.807, 2.05) is 13.8 Å². The molecule has 0 bridgehead atoms. The van der Waals surface area contributed by atoms with Crippen LogP contribution in [0.2, 0.25) is 0 Å². The smallest absolute Gasteiger partial charge is 0.435 e. The summed E-state index contributed by atoms with van der Waals surface area (Å²) in [7, 11) is 0. The quantitative estimate of drug-likeness (QED) is 0.165. The van der Waals surface area contributed by atoms with Crippen molar-refractivity contribution in [1.29, 1.82) is 0 Å². The van der Waals surface area contributed by atoms with Crippen LogP contribution < -0.4 is 10.6 Å². The predicted octanol–water partition coefficient (Wildman–Crippen LogP) is 7.67. The molecule has 0 spiro atoms. The summed E-state index contributed by atoms with van der Waals surface area (Å²) in [6.45, 7) is 19.2. The first-order valence-electron chi connectivity index (χ1n) is 22.2. The van der Waals surface area contributed by atoms with E-state index in [0.29, 0.717) is 31.2 Å². The Labute approximate surface area is 360 Å². The lowest BCUT2D eigenvalue weighted by atomic mass is 9.39. The number of ether oxygens (including phenoxy) is 2. The Bertz CT molecular complexity index is 2130. The van der Waals surface area contributed by atoms with Gasteiger partial charge in [0, 0.05) is 12.5 Å². The molecule has 11 atom stereocenters. The summed E-state index contributed by atoms with van der Waals surface area (Å²) < 4.78 is 52.1. The Morgan fingerprint density at radius 3 is 2.31 bits per heavy atom. The van der Waals surface area contributed by atoms with E-state index in [-0.39, 0.29) is 69.9 Å². The second-order valence-electron chi connectivity index (χ2n) is 20.4. The highest BCUT2D eigenvalue weighted by atomic mass is 19.4. The standard InChI is InChI=1S/C46H61F3N4O9/c1-10-61-41(60)53-30(20-34(52-53)46(47,48)49)37(55)50-42(6,7)40(59)51-45-18-14-29-25(36(45)35(22(2)3)31(54)21-45)11-12-33-43(8)17-15-32(24(5)28(43)13-16-44(29,33)9)62-39(58)27-19-26(23(27)4)38(56)57/h20,22-23,25-29,32-33H,5,10-19,21H2,1-4,6-9H3,(H,50,55)(H,51,59)(H,56,57)/t23-,25+,26-,27+,28?,29?,32+,33?,43+,44+,45-/m1/s1. The highest BCUT2D eigenvalue weighted by molar-refractivity contribution is 6.04. The zero-order valence-corrected chi connectivity index (χ0v) is 37.0. The number of carboxylic acids is 1. The Kier molecular flexibility index (Phi) is 11.5. The molecule has 5 saturated carbocycles. The molecule has 0 saturated heterocycles. The van der Waals surface area contributed by atoms with E-state index in [2.05, 4.69) is 36.2 Å². The molecule has 62 heavy (non-hydrogen) atoms. The third-order valence-corrected chi connectivity index (χ3v) is 16.3. The summed E-state index contributed by atoms with van der Waals surface area (Å²) in [6.07, 6.45) is -0.109. The van der Waals surface area contributed by atoms with Crippen molar-refractivity contribution < 1.29 is 56.5 Å². The normalized spacial score (nSPS) is 35.5. The number of carbonyl (C=O) groups excluding carboxylic acids is 5. The molecule has 1 heterocycles. The minimum atomic E-state index is -4.97. The van der Waals surface area contributed by atoms with Crippen LogP contribution in [0.3, 0.4) is 0 Å². The fourth-order valence-corrected chi connectivity index (χ4v) is 13.2. The summed E-state index contributed by atoms with van der Waals surface area (Å²) in [6, 6.07) is 0.433. The summed E-state index contributed by atoms with van der Waals surface area (Å²) in [5.41, 5.74) is -2.53. The maximum Gasteiger partial charge on any atom is 0.435 e. The van der Waals surface area contributed by atoms with Crippen molar-refractivity contribution >= 4 is 35.6 Å². The fraction of sp³-hybridized carbons (Fsp3) is 0.717. The van der Waals surface area contributed by atoms with E-state index in [4.69, 9.17) is 9.47 Å². The van der Waals surface area contributed by atoms with Crippen LogP contribution in [0, 0.1) is 58.2 Å². The van der Waals surface area contributed by atoms with Gasteiger partial charge in [0.05, 0.1) is 24.0 Å². The predicted molar refractivity (Wildman–Crippen MR) is 218 cm³/mol. The highest BCUT2D eigenvalue weighted by Crippen LogP contribution is 2.70.